The van der Waals surface area contributed by atoms with Crippen molar-refractivity contribution in [3.63, 3.8) is 0 Å². The molecule has 37 heavy (non-hydrogen) atoms. The summed E-state index contributed by atoms with van der Waals surface area (Å²) < 4.78 is 25.4. The third-order valence-corrected chi connectivity index (χ3v) is 7.10. The number of halogens is 1. The zero-order chi connectivity index (χ0) is 26.4. The molecule has 3 heterocycles. The molecule has 0 radical (unpaired) electrons. The lowest BCUT2D eigenvalue weighted by Gasteiger charge is -2.38. The van der Waals surface area contributed by atoms with Crippen LogP contribution in [0.25, 0.3) is 0 Å². The highest BCUT2D eigenvalue weighted by molar-refractivity contribution is 5.97. The average Bonchev–Trinajstić information content (AvgIpc) is 2.89. The first kappa shape index (κ1) is 27.1. The van der Waals surface area contributed by atoms with Crippen molar-refractivity contribution < 1.29 is 23.8 Å². The van der Waals surface area contributed by atoms with E-state index in [4.69, 9.17) is 9.47 Å². The second-order valence-corrected chi connectivity index (χ2v) is 10.2. The van der Waals surface area contributed by atoms with Crippen LogP contribution in [0.1, 0.15) is 48.2 Å². The van der Waals surface area contributed by atoms with Gasteiger partial charge in [-0.05, 0) is 57.0 Å². The van der Waals surface area contributed by atoms with Gasteiger partial charge in [0.05, 0.1) is 12.6 Å². The summed E-state index contributed by atoms with van der Waals surface area (Å²) in [5.41, 5.74) is 1.37. The van der Waals surface area contributed by atoms with E-state index in [9.17, 15) is 14.3 Å². The van der Waals surface area contributed by atoms with Crippen molar-refractivity contribution in [2.75, 3.05) is 46.5 Å². The highest BCUT2D eigenvalue weighted by atomic mass is 19.1. The number of rotatable bonds is 6. The van der Waals surface area contributed by atoms with Gasteiger partial charge in [0.2, 0.25) is 5.88 Å². The predicted molar refractivity (Wildman–Crippen MR) is 139 cm³/mol. The summed E-state index contributed by atoms with van der Waals surface area (Å²) in [5, 5.41) is 9.87. The number of aliphatic hydroxyl groups excluding tert-OH is 1. The van der Waals surface area contributed by atoms with Crippen LogP contribution >= 0.6 is 0 Å². The van der Waals surface area contributed by atoms with E-state index in [2.05, 4.69) is 35.7 Å². The Morgan fingerprint density at radius 1 is 1.22 bits per heavy atom. The van der Waals surface area contributed by atoms with Crippen LogP contribution in [-0.2, 0) is 4.74 Å². The largest absolute Gasteiger partial charge is 0.472 e. The Morgan fingerprint density at radius 3 is 2.70 bits per heavy atom. The molecule has 2 aliphatic rings. The molecular formula is C29H36FN3O4. The lowest BCUT2D eigenvalue weighted by atomic mass is 9.97. The molecule has 0 bridgehead atoms. The second kappa shape index (κ2) is 12.5. The summed E-state index contributed by atoms with van der Waals surface area (Å²) in [5.74, 6) is 6.19. The van der Waals surface area contributed by atoms with Gasteiger partial charge in [-0.25, -0.2) is 9.37 Å². The summed E-state index contributed by atoms with van der Waals surface area (Å²) in [4.78, 5) is 22.0. The highest BCUT2D eigenvalue weighted by Gasteiger charge is 2.34. The van der Waals surface area contributed by atoms with Gasteiger partial charge in [0.25, 0.3) is 5.91 Å². The SMILES string of the molecule is C[C@H]1CN([C@@H](C)CO)C(=O)c2cc(C#Cc3cccc(F)c3)cnc2O[C@H]1CN(C)CC1CCOCC1. The van der Waals surface area contributed by atoms with Gasteiger partial charge in [-0.1, -0.05) is 24.8 Å². The Balaban J connectivity index is 1.60. The molecule has 0 saturated carbocycles. The molecule has 3 atom stereocenters. The standard InChI is InChI=1S/C29H36FN3O4/c1-20-16-33(21(2)19-34)29(35)26-14-24(8-7-22-5-4-6-25(30)13-22)15-31-28(26)37-27(20)18-32(3)17-23-9-11-36-12-10-23/h4-6,13-15,20-21,23,27,34H,9-12,16-19H2,1-3H3/t20-,21-,27-/m0/s1. The molecule has 0 aliphatic carbocycles. The molecule has 1 saturated heterocycles. The molecule has 2 aliphatic heterocycles. The fourth-order valence-corrected chi connectivity index (χ4v) is 4.85. The first-order valence-corrected chi connectivity index (χ1v) is 13.0. The molecule has 2 aromatic rings. The van der Waals surface area contributed by atoms with Crippen LogP contribution in [0, 0.1) is 29.5 Å². The number of nitrogens with zero attached hydrogens (tertiary/aromatic N) is 3. The molecule has 1 N–H and O–H groups in total. The number of benzene rings is 1. The maximum Gasteiger partial charge on any atom is 0.259 e. The minimum Gasteiger partial charge on any atom is -0.472 e. The molecule has 1 aromatic carbocycles. The molecule has 0 spiro atoms. The number of amides is 1. The van der Waals surface area contributed by atoms with Gasteiger partial charge in [-0.3, -0.25) is 4.79 Å². The molecule has 8 heteroatoms. The van der Waals surface area contributed by atoms with E-state index in [-0.39, 0.29) is 42.3 Å². The van der Waals surface area contributed by atoms with Gasteiger partial charge in [-0.15, -0.1) is 0 Å². The zero-order valence-electron chi connectivity index (χ0n) is 21.8. The van der Waals surface area contributed by atoms with Gasteiger partial charge in [0, 0.05) is 56.1 Å². The molecule has 1 aromatic heterocycles. The van der Waals surface area contributed by atoms with Crippen molar-refractivity contribution in [2.24, 2.45) is 11.8 Å². The molecule has 1 fully saturated rings. The molecule has 198 valence electrons. The number of fused-ring (bicyclic) bond motifs is 1. The van der Waals surface area contributed by atoms with Gasteiger partial charge < -0.3 is 24.4 Å². The monoisotopic (exact) mass is 509 g/mol. The van der Waals surface area contributed by atoms with E-state index in [1.807, 2.05) is 6.92 Å². The fourth-order valence-electron chi connectivity index (χ4n) is 4.85. The van der Waals surface area contributed by atoms with Crippen LogP contribution in [0.5, 0.6) is 5.88 Å². The van der Waals surface area contributed by atoms with Gasteiger partial charge in [0.15, 0.2) is 0 Å². The Labute approximate surface area is 218 Å². The van der Waals surface area contributed by atoms with Crippen molar-refractivity contribution >= 4 is 5.91 Å². The number of carbonyl (C=O) groups excluding carboxylic acids is 1. The van der Waals surface area contributed by atoms with Crippen LogP contribution in [0.3, 0.4) is 0 Å². The maximum atomic E-state index is 13.6. The minimum absolute atomic E-state index is 0.0254. The van der Waals surface area contributed by atoms with E-state index < -0.39 is 0 Å². The summed E-state index contributed by atoms with van der Waals surface area (Å²) in [6, 6.07) is 7.36. The number of pyridine rings is 1. The minimum atomic E-state index is -0.359. The molecular weight excluding hydrogens is 473 g/mol. The van der Waals surface area contributed by atoms with E-state index in [1.54, 1.807) is 29.3 Å². The molecule has 0 unspecified atom stereocenters. The second-order valence-electron chi connectivity index (χ2n) is 10.2. The topological polar surface area (TPSA) is 75.1 Å². The van der Waals surface area contributed by atoms with Crippen LogP contribution < -0.4 is 4.74 Å². The number of hydrogen-bond acceptors (Lipinski definition) is 6. The number of aromatic nitrogens is 1. The van der Waals surface area contributed by atoms with Crippen molar-refractivity contribution in [1.29, 1.82) is 0 Å². The van der Waals surface area contributed by atoms with Gasteiger partial charge >= 0.3 is 0 Å². The van der Waals surface area contributed by atoms with E-state index in [0.717, 1.165) is 32.6 Å². The summed E-state index contributed by atoms with van der Waals surface area (Å²) >= 11 is 0. The van der Waals surface area contributed by atoms with E-state index in [1.165, 1.54) is 12.1 Å². The number of likely N-dealkylation sites (N-methyl/N-ethyl adjacent to an activating group) is 1. The first-order chi connectivity index (χ1) is 17.8. The normalized spacial score (nSPS) is 21.4. The summed E-state index contributed by atoms with van der Waals surface area (Å²) in [6.07, 6.45) is 3.51. The van der Waals surface area contributed by atoms with Crippen molar-refractivity contribution in [3.05, 3.63) is 59.0 Å². The molecule has 4 rings (SSSR count). The average molecular weight is 510 g/mol. The van der Waals surface area contributed by atoms with Crippen LogP contribution in [-0.4, -0.2) is 84.4 Å². The third kappa shape index (κ3) is 7.07. The first-order valence-electron chi connectivity index (χ1n) is 13.0. The molecule has 7 nitrogen and oxygen atoms in total. The van der Waals surface area contributed by atoms with E-state index >= 15 is 0 Å². The summed E-state index contributed by atoms with van der Waals surface area (Å²) in [6.45, 7) is 7.49. The number of carbonyl (C=O) groups is 1. The Kier molecular flexibility index (Phi) is 9.14. The maximum absolute atomic E-state index is 13.6. The Hall–Kier alpha value is -2.99. The van der Waals surface area contributed by atoms with Crippen molar-refractivity contribution in [1.82, 2.24) is 14.8 Å². The quantitative estimate of drug-likeness (QED) is 0.603. The number of ether oxygens (including phenoxy) is 2. The molecule has 1 amide bonds. The third-order valence-electron chi connectivity index (χ3n) is 7.10. The number of hydrogen-bond donors (Lipinski definition) is 1. The van der Waals surface area contributed by atoms with Crippen molar-refractivity contribution in [3.8, 4) is 17.7 Å². The predicted octanol–water partition coefficient (Wildman–Crippen LogP) is 3.20. The lowest BCUT2D eigenvalue weighted by Crippen LogP contribution is -2.50. The van der Waals surface area contributed by atoms with Crippen LogP contribution in [0.2, 0.25) is 0 Å². The number of aliphatic hydroxyl groups is 1. The zero-order valence-corrected chi connectivity index (χ0v) is 21.8. The smallest absolute Gasteiger partial charge is 0.259 e. The Bertz CT molecular complexity index is 1140. The van der Waals surface area contributed by atoms with Crippen molar-refractivity contribution in [2.45, 2.75) is 38.8 Å². The summed E-state index contributed by atoms with van der Waals surface area (Å²) in [7, 11) is 2.10. The van der Waals surface area contributed by atoms with Crippen LogP contribution in [0.4, 0.5) is 4.39 Å². The van der Waals surface area contributed by atoms with Gasteiger partial charge in [0.1, 0.15) is 17.5 Å². The van der Waals surface area contributed by atoms with Gasteiger partial charge in [-0.2, -0.15) is 0 Å². The lowest BCUT2D eigenvalue weighted by molar-refractivity contribution is 0.0254. The van der Waals surface area contributed by atoms with E-state index in [0.29, 0.717) is 35.7 Å². The Morgan fingerprint density at radius 2 is 1.97 bits per heavy atom. The van der Waals surface area contributed by atoms with Crippen LogP contribution in [0.15, 0.2) is 36.5 Å². The fraction of sp³-hybridized carbons (Fsp3) is 0.517. The highest BCUT2D eigenvalue weighted by Crippen LogP contribution is 2.27.